The fourth-order valence-electron chi connectivity index (χ4n) is 4.07. The van der Waals surface area contributed by atoms with Crippen LogP contribution in [0.3, 0.4) is 0 Å². The van der Waals surface area contributed by atoms with Gasteiger partial charge in [0.1, 0.15) is 12.0 Å². The summed E-state index contributed by atoms with van der Waals surface area (Å²) in [6.07, 6.45) is 1.62. The number of fused-ring (bicyclic) bond motifs is 1. The van der Waals surface area contributed by atoms with Gasteiger partial charge in [-0.15, -0.1) is 0 Å². The molecule has 3 aliphatic heterocycles. The summed E-state index contributed by atoms with van der Waals surface area (Å²) in [6.45, 7) is 7.90. The number of piperazine rings is 1. The fraction of sp³-hybridized carbons (Fsp3) is 0.500. The lowest BCUT2D eigenvalue weighted by Crippen LogP contribution is -2.46. The van der Waals surface area contributed by atoms with Gasteiger partial charge in [0.25, 0.3) is 0 Å². The molecule has 0 aliphatic carbocycles. The van der Waals surface area contributed by atoms with Gasteiger partial charge in [-0.3, -0.25) is 4.90 Å². The third kappa shape index (κ3) is 3.75. The maximum atomic E-state index is 6.47. The third-order valence-corrected chi connectivity index (χ3v) is 5.67. The highest BCUT2D eigenvalue weighted by Gasteiger charge is 2.24. The molecule has 2 aromatic rings. The number of benzene rings is 1. The van der Waals surface area contributed by atoms with Crippen molar-refractivity contribution in [2.24, 2.45) is 0 Å². The largest absolute Gasteiger partial charge is 0.454 e. The van der Waals surface area contributed by atoms with Crippen LogP contribution in [0.2, 0.25) is 0 Å². The molecule has 2 saturated heterocycles. The number of ether oxygens (including phenoxy) is 3. The summed E-state index contributed by atoms with van der Waals surface area (Å²) in [4.78, 5) is 15.8. The zero-order valence-electron chi connectivity index (χ0n) is 16.4. The van der Waals surface area contributed by atoms with E-state index in [4.69, 9.17) is 19.9 Å². The molecule has 0 spiro atoms. The highest BCUT2D eigenvalue weighted by atomic mass is 16.7. The van der Waals surface area contributed by atoms with E-state index in [0.717, 1.165) is 68.9 Å². The number of anilines is 3. The fourth-order valence-corrected chi connectivity index (χ4v) is 4.07. The van der Waals surface area contributed by atoms with E-state index >= 15 is 0 Å². The SMILES string of the molecule is Nc1c(N2CCOCC2)ncnc1N1CCN(Cc2ccc3c(c2)OCO3)CC1. The lowest BCUT2D eigenvalue weighted by molar-refractivity contribution is 0.122. The zero-order valence-corrected chi connectivity index (χ0v) is 16.4. The number of aromatic nitrogens is 2. The molecular formula is C20H26N6O3. The van der Waals surface area contributed by atoms with Gasteiger partial charge in [0.2, 0.25) is 6.79 Å². The molecule has 1 aromatic heterocycles. The number of rotatable bonds is 4. The second-order valence-corrected chi connectivity index (χ2v) is 7.48. The Labute approximate surface area is 170 Å². The average Bonchev–Trinajstić information content (AvgIpc) is 3.23. The zero-order chi connectivity index (χ0) is 19.6. The molecule has 0 unspecified atom stereocenters. The second-order valence-electron chi connectivity index (χ2n) is 7.48. The topological polar surface area (TPSA) is 89.2 Å². The first-order valence-corrected chi connectivity index (χ1v) is 10.1. The summed E-state index contributed by atoms with van der Waals surface area (Å²) < 4.78 is 16.3. The molecule has 29 heavy (non-hydrogen) atoms. The van der Waals surface area contributed by atoms with Gasteiger partial charge < -0.3 is 29.7 Å². The first kappa shape index (κ1) is 18.3. The van der Waals surface area contributed by atoms with Crippen molar-refractivity contribution in [2.75, 3.05) is 74.8 Å². The van der Waals surface area contributed by atoms with Crippen molar-refractivity contribution in [1.29, 1.82) is 0 Å². The smallest absolute Gasteiger partial charge is 0.231 e. The molecule has 0 saturated carbocycles. The Morgan fingerprint density at radius 1 is 0.862 bits per heavy atom. The van der Waals surface area contributed by atoms with Gasteiger partial charge in [-0.25, -0.2) is 9.97 Å². The Morgan fingerprint density at radius 3 is 2.31 bits per heavy atom. The molecule has 9 nitrogen and oxygen atoms in total. The van der Waals surface area contributed by atoms with E-state index < -0.39 is 0 Å². The van der Waals surface area contributed by atoms with Gasteiger partial charge in [0.05, 0.1) is 13.2 Å². The molecule has 4 heterocycles. The van der Waals surface area contributed by atoms with Crippen LogP contribution in [0.1, 0.15) is 5.56 Å². The first-order valence-electron chi connectivity index (χ1n) is 10.1. The van der Waals surface area contributed by atoms with Crippen molar-refractivity contribution >= 4 is 17.3 Å². The van der Waals surface area contributed by atoms with Crippen LogP contribution in [0.25, 0.3) is 0 Å². The van der Waals surface area contributed by atoms with Crippen LogP contribution in [0.4, 0.5) is 17.3 Å². The van der Waals surface area contributed by atoms with E-state index in [-0.39, 0.29) is 0 Å². The minimum Gasteiger partial charge on any atom is -0.454 e. The van der Waals surface area contributed by atoms with Gasteiger partial charge in [-0.1, -0.05) is 6.07 Å². The van der Waals surface area contributed by atoms with Crippen molar-refractivity contribution in [1.82, 2.24) is 14.9 Å². The minimum absolute atomic E-state index is 0.310. The predicted molar refractivity (Wildman–Crippen MR) is 110 cm³/mol. The van der Waals surface area contributed by atoms with Crippen LogP contribution in [-0.2, 0) is 11.3 Å². The standard InChI is InChI=1S/C20H26N6O3/c21-18-19(22-13-23-20(18)26-7-9-27-10-8-26)25-5-3-24(4-6-25)12-15-1-2-16-17(11-15)29-14-28-16/h1-2,11,13H,3-10,12,14,21H2. The first-order chi connectivity index (χ1) is 14.3. The maximum Gasteiger partial charge on any atom is 0.231 e. The van der Waals surface area contributed by atoms with Crippen LogP contribution in [0, 0.1) is 0 Å². The van der Waals surface area contributed by atoms with Gasteiger partial charge in [0.15, 0.2) is 23.1 Å². The molecule has 1 aromatic carbocycles. The second kappa shape index (κ2) is 7.92. The molecule has 5 rings (SSSR count). The Bertz CT molecular complexity index is 865. The van der Waals surface area contributed by atoms with Gasteiger partial charge in [-0.2, -0.15) is 0 Å². The van der Waals surface area contributed by atoms with Gasteiger partial charge in [-0.05, 0) is 17.7 Å². The predicted octanol–water partition coefficient (Wildman–Crippen LogP) is 0.946. The average molecular weight is 398 g/mol. The quantitative estimate of drug-likeness (QED) is 0.808. The van der Waals surface area contributed by atoms with Gasteiger partial charge in [0, 0.05) is 45.8 Å². The number of nitrogens with zero attached hydrogens (tertiary/aromatic N) is 5. The molecule has 0 bridgehead atoms. The van der Waals surface area contributed by atoms with Crippen molar-refractivity contribution in [3.05, 3.63) is 30.1 Å². The van der Waals surface area contributed by atoms with Crippen LogP contribution >= 0.6 is 0 Å². The van der Waals surface area contributed by atoms with Gasteiger partial charge >= 0.3 is 0 Å². The van der Waals surface area contributed by atoms with Crippen LogP contribution in [0.15, 0.2) is 24.5 Å². The molecule has 9 heteroatoms. The molecule has 154 valence electrons. The van der Waals surface area contributed by atoms with E-state index in [9.17, 15) is 0 Å². The Hall–Kier alpha value is -2.78. The number of nitrogen functional groups attached to an aromatic ring is 1. The number of hydrogen-bond donors (Lipinski definition) is 1. The molecule has 2 N–H and O–H groups in total. The Balaban J connectivity index is 1.23. The molecule has 2 fully saturated rings. The van der Waals surface area contributed by atoms with Crippen LogP contribution < -0.4 is 25.0 Å². The van der Waals surface area contributed by atoms with Crippen molar-refractivity contribution in [3.63, 3.8) is 0 Å². The Kier molecular flexibility index (Phi) is 4.99. The molecular weight excluding hydrogens is 372 g/mol. The lowest BCUT2D eigenvalue weighted by Gasteiger charge is -2.36. The summed E-state index contributed by atoms with van der Waals surface area (Å²) in [5.41, 5.74) is 8.37. The minimum atomic E-state index is 0.310. The third-order valence-electron chi connectivity index (χ3n) is 5.67. The number of nitrogens with two attached hydrogens (primary N) is 1. The lowest BCUT2D eigenvalue weighted by atomic mass is 10.1. The van der Waals surface area contributed by atoms with Crippen molar-refractivity contribution in [3.8, 4) is 11.5 Å². The van der Waals surface area contributed by atoms with Crippen LogP contribution in [-0.4, -0.2) is 74.1 Å². The number of hydrogen-bond acceptors (Lipinski definition) is 9. The monoisotopic (exact) mass is 398 g/mol. The molecule has 0 atom stereocenters. The summed E-state index contributed by atoms with van der Waals surface area (Å²) in [7, 11) is 0. The number of morpholine rings is 1. The molecule has 0 amide bonds. The summed E-state index contributed by atoms with van der Waals surface area (Å²) in [6, 6.07) is 6.17. The van der Waals surface area contributed by atoms with E-state index in [1.807, 2.05) is 6.07 Å². The molecule has 0 radical (unpaired) electrons. The van der Waals surface area contributed by atoms with Crippen molar-refractivity contribution in [2.45, 2.75) is 6.54 Å². The van der Waals surface area contributed by atoms with Crippen molar-refractivity contribution < 1.29 is 14.2 Å². The highest BCUT2D eigenvalue weighted by Crippen LogP contribution is 2.33. The van der Waals surface area contributed by atoms with E-state index in [2.05, 4.69) is 36.8 Å². The normalized spacial score (nSPS) is 19.6. The Morgan fingerprint density at radius 2 is 1.55 bits per heavy atom. The maximum absolute atomic E-state index is 6.47. The van der Waals surface area contributed by atoms with E-state index in [1.54, 1.807) is 6.33 Å². The summed E-state index contributed by atoms with van der Waals surface area (Å²) >= 11 is 0. The highest BCUT2D eigenvalue weighted by molar-refractivity contribution is 5.76. The molecule has 3 aliphatic rings. The summed E-state index contributed by atoms with van der Waals surface area (Å²) in [5, 5.41) is 0. The van der Waals surface area contributed by atoms with E-state index in [1.165, 1.54) is 5.56 Å². The van der Waals surface area contributed by atoms with Crippen LogP contribution in [0.5, 0.6) is 11.5 Å². The van der Waals surface area contributed by atoms with E-state index in [0.29, 0.717) is 25.7 Å². The summed E-state index contributed by atoms with van der Waals surface area (Å²) in [5.74, 6) is 3.32.